The maximum absolute atomic E-state index is 5.53. The number of ether oxygens (including phenoxy) is 2. The summed E-state index contributed by atoms with van der Waals surface area (Å²) in [5.74, 6) is 0.673. The number of hydrogen-bond donors (Lipinski definition) is 1. The van der Waals surface area contributed by atoms with Crippen LogP contribution in [0.5, 0.6) is 0 Å². The van der Waals surface area contributed by atoms with Crippen LogP contribution >= 0.6 is 12.6 Å². The highest BCUT2D eigenvalue weighted by Gasteiger charge is 2.31. The van der Waals surface area contributed by atoms with Crippen LogP contribution in [0.4, 0.5) is 0 Å². The lowest BCUT2D eigenvalue weighted by Crippen LogP contribution is -2.24. The third-order valence-corrected chi connectivity index (χ3v) is 2.07. The molecule has 1 unspecified atom stereocenters. The molecule has 0 aliphatic carbocycles. The summed E-state index contributed by atoms with van der Waals surface area (Å²) in [6.07, 6.45) is 0.984. The Kier molecular flexibility index (Phi) is 3.08. The van der Waals surface area contributed by atoms with Gasteiger partial charge >= 0.3 is 0 Å². The maximum atomic E-state index is 5.53. The van der Waals surface area contributed by atoms with Gasteiger partial charge in [0.25, 0.3) is 0 Å². The highest BCUT2D eigenvalue weighted by molar-refractivity contribution is 7.80. The van der Waals surface area contributed by atoms with Gasteiger partial charge in [0.1, 0.15) is 7.85 Å². The second-order valence-corrected chi connectivity index (χ2v) is 2.77. The third kappa shape index (κ3) is 1.68. The van der Waals surface area contributed by atoms with Gasteiger partial charge in [0.2, 0.25) is 0 Å². The molecule has 1 aliphatic rings. The van der Waals surface area contributed by atoms with Crippen LogP contribution in [0, 0.1) is 0 Å². The zero-order valence-corrected chi connectivity index (χ0v) is 6.88. The molecule has 0 amide bonds. The summed E-state index contributed by atoms with van der Waals surface area (Å²) < 4.78 is 10.4. The van der Waals surface area contributed by atoms with E-state index in [-0.39, 0.29) is 18.2 Å². The van der Waals surface area contributed by atoms with E-state index in [1.165, 1.54) is 0 Å². The van der Waals surface area contributed by atoms with Crippen LogP contribution in [0.15, 0.2) is 0 Å². The molecular weight excluding hydrogens is 147 g/mol. The molecule has 0 spiro atoms. The molecular formula is C6H11BO2S. The Morgan fingerprint density at radius 2 is 2.50 bits per heavy atom. The minimum Gasteiger partial charge on any atom is -0.381 e. The molecule has 1 aliphatic heterocycles. The molecule has 56 valence electrons. The van der Waals surface area contributed by atoms with Gasteiger partial charge in [-0.1, -0.05) is 0 Å². The normalized spacial score (nSPS) is 40.4. The first-order valence-electron chi connectivity index (χ1n) is 3.32. The average Bonchev–Trinajstić information content (AvgIpc) is 2.30. The van der Waals surface area contributed by atoms with Gasteiger partial charge in [0.15, 0.2) is 0 Å². The maximum Gasteiger partial charge on any atom is 0.109 e. The van der Waals surface area contributed by atoms with Crippen molar-refractivity contribution in [3.63, 3.8) is 0 Å². The largest absolute Gasteiger partial charge is 0.381 e. The molecule has 2 nitrogen and oxygen atoms in total. The Labute approximate surface area is 68.1 Å². The summed E-state index contributed by atoms with van der Waals surface area (Å²) in [5, 5.41) is 0. The van der Waals surface area contributed by atoms with Crippen LogP contribution in [0.1, 0.15) is 6.42 Å². The predicted molar refractivity (Wildman–Crippen MR) is 43.7 cm³/mol. The second kappa shape index (κ2) is 3.65. The summed E-state index contributed by atoms with van der Waals surface area (Å²) in [6, 6.07) is -0.165. The molecule has 0 aromatic rings. The Hall–Kier alpha value is 0.335. The van der Waals surface area contributed by atoms with Crippen molar-refractivity contribution in [1.82, 2.24) is 0 Å². The lowest BCUT2D eigenvalue weighted by molar-refractivity contribution is 0.0240. The van der Waals surface area contributed by atoms with Crippen LogP contribution in [-0.2, 0) is 9.47 Å². The van der Waals surface area contributed by atoms with E-state index in [2.05, 4.69) is 12.6 Å². The van der Waals surface area contributed by atoms with Crippen molar-refractivity contribution in [3.05, 3.63) is 0 Å². The topological polar surface area (TPSA) is 18.5 Å². The minimum absolute atomic E-state index is 0.0725. The van der Waals surface area contributed by atoms with Crippen molar-refractivity contribution in [2.24, 2.45) is 0 Å². The molecule has 2 radical (unpaired) electrons. The SMILES string of the molecule is [B][C@H]1CC(OC)[C@@H](CS)O1. The molecule has 1 rings (SSSR count). The molecule has 0 aromatic carbocycles. The van der Waals surface area contributed by atoms with E-state index in [0.29, 0.717) is 5.75 Å². The van der Waals surface area contributed by atoms with Crippen molar-refractivity contribution in [3.8, 4) is 0 Å². The second-order valence-electron chi connectivity index (χ2n) is 2.41. The molecule has 0 aromatic heterocycles. The Bertz CT molecular complexity index is 99.9. The molecule has 0 saturated carbocycles. The van der Waals surface area contributed by atoms with Crippen molar-refractivity contribution in [2.75, 3.05) is 12.9 Å². The number of rotatable bonds is 2. The van der Waals surface area contributed by atoms with Gasteiger partial charge in [-0.2, -0.15) is 12.6 Å². The van der Waals surface area contributed by atoms with Crippen LogP contribution < -0.4 is 0 Å². The fraction of sp³-hybridized carbons (Fsp3) is 1.00. The van der Waals surface area contributed by atoms with Gasteiger partial charge in [-0.05, 0) is 6.42 Å². The van der Waals surface area contributed by atoms with Crippen LogP contribution in [0.3, 0.4) is 0 Å². The standard InChI is InChI=1S/C6H11BO2S/c1-8-4-2-6(7)9-5(4)3-10/h4-6,10H,2-3H2,1H3/t4?,5-,6-/m1/s1. The molecule has 10 heavy (non-hydrogen) atoms. The number of methoxy groups -OCH3 is 1. The first-order chi connectivity index (χ1) is 4.77. The average molecular weight is 158 g/mol. The highest BCUT2D eigenvalue weighted by Crippen LogP contribution is 2.21. The first-order valence-corrected chi connectivity index (χ1v) is 3.96. The molecule has 1 fully saturated rings. The van der Waals surface area contributed by atoms with Crippen molar-refractivity contribution < 1.29 is 9.47 Å². The summed E-state index contributed by atoms with van der Waals surface area (Å²) in [4.78, 5) is 0. The summed E-state index contributed by atoms with van der Waals surface area (Å²) >= 11 is 4.11. The molecule has 4 heteroatoms. The van der Waals surface area contributed by atoms with E-state index in [0.717, 1.165) is 6.42 Å². The van der Waals surface area contributed by atoms with Gasteiger partial charge in [-0.15, -0.1) is 0 Å². The zero-order valence-electron chi connectivity index (χ0n) is 5.99. The lowest BCUT2D eigenvalue weighted by Gasteiger charge is -2.13. The van der Waals surface area contributed by atoms with Crippen LogP contribution in [0.2, 0.25) is 0 Å². The molecule has 1 heterocycles. The Morgan fingerprint density at radius 1 is 1.80 bits per heavy atom. The smallest absolute Gasteiger partial charge is 0.109 e. The fourth-order valence-corrected chi connectivity index (χ4v) is 1.48. The van der Waals surface area contributed by atoms with E-state index in [1.807, 2.05) is 0 Å². The predicted octanol–water partition coefficient (Wildman–Crippen LogP) is 0.215. The van der Waals surface area contributed by atoms with Gasteiger partial charge in [-0.3, -0.25) is 0 Å². The summed E-state index contributed by atoms with van der Waals surface area (Å²) in [7, 11) is 7.20. The Balaban J connectivity index is 2.41. The van der Waals surface area contributed by atoms with E-state index < -0.39 is 0 Å². The van der Waals surface area contributed by atoms with Gasteiger partial charge in [-0.25, -0.2) is 0 Å². The number of thiol groups is 1. The van der Waals surface area contributed by atoms with Crippen molar-refractivity contribution in [2.45, 2.75) is 24.6 Å². The monoisotopic (exact) mass is 158 g/mol. The first kappa shape index (κ1) is 8.43. The molecule has 0 bridgehead atoms. The Morgan fingerprint density at radius 3 is 2.90 bits per heavy atom. The van der Waals surface area contributed by atoms with E-state index in [4.69, 9.17) is 17.3 Å². The quantitative estimate of drug-likeness (QED) is 0.457. The minimum atomic E-state index is -0.165. The van der Waals surface area contributed by atoms with Crippen LogP contribution in [0.25, 0.3) is 0 Å². The van der Waals surface area contributed by atoms with E-state index in [1.54, 1.807) is 7.11 Å². The molecule has 3 atom stereocenters. The molecule has 0 N–H and O–H groups in total. The number of hydrogen-bond acceptors (Lipinski definition) is 3. The van der Waals surface area contributed by atoms with Gasteiger partial charge < -0.3 is 9.47 Å². The zero-order chi connectivity index (χ0) is 7.56. The molecule has 1 saturated heterocycles. The highest BCUT2D eigenvalue weighted by atomic mass is 32.1. The lowest BCUT2D eigenvalue weighted by atomic mass is 9.96. The fourth-order valence-electron chi connectivity index (χ4n) is 1.16. The van der Waals surface area contributed by atoms with Crippen molar-refractivity contribution in [1.29, 1.82) is 0 Å². The van der Waals surface area contributed by atoms with E-state index in [9.17, 15) is 0 Å². The van der Waals surface area contributed by atoms with Crippen LogP contribution in [-0.4, -0.2) is 38.9 Å². The van der Waals surface area contributed by atoms with E-state index >= 15 is 0 Å². The van der Waals surface area contributed by atoms with Crippen molar-refractivity contribution >= 4 is 20.5 Å². The third-order valence-electron chi connectivity index (χ3n) is 1.71. The van der Waals surface area contributed by atoms with Gasteiger partial charge in [0.05, 0.1) is 12.2 Å². The van der Waals surface area contributed by atoms with Gasteiger partial charge in [0, 0.05) is 18.9 Å². The summed E-state index contributed by atoms with van der Waals surface area (Å²) in [5.41, 5.74) is 0. The summed E-state index contributed by atoms with van der Waals surface area (Å²) in [6.45, 7) is 0.